The molecule has 0 bridgehead atoms. The molecule has 0 aliphatic carbocycles. The molecule has 0 amide bonds. The first kappa shape index (κ1) is 21.8. The summed E-state index contributed by atoms with van der Waals surface area (Å²) >= 11 is 0. The van der Waals surface area contributed by atoms with Gasteiger partial charge in [0.25, 0.3) is 0 Å². The first-order valence-corrected chi connectivity index (χ1v) is 10.0. The van der Waals surface area contributed by atoms with E-state index in [0.717, 1.165) is 43.1 Å². The van der Waals surface area contributed by atoms with Gasteiger partial charge in [0.1, 0.15) is 0 Å². The average Bonchev–Trinajstić information content (AvgIpc) is 2.63. The van der Waals surface area contributed by atoms with Crippen LogP contribution in [-0.4, -0.2) is 26.8 Å². The van der Waals surface area contributed by atoms with Crippen LogP contribution in [-0.2, 0) is 0 Å². The van der Waals surface area contributed by atoms with Gasteiger partial charge in [0.15, 0.2) is 11.5 Å². The van der Waals surface area contributed by atoms with Crippen LogP contribution in [0.5, 0.6) is 11.5 Å². The second-order valence-electron chi connectivity index (χ2n) is 6.60. The smallest absolute Gasteiger partial charge is 0.161 e. The number of benzene rings is 1. The van der Waals surface area contributed by atoms with E-state index in [2.05, 4.69) is 31.3 Å². The van der Waals surface area contributed by atoms with Crippen molar-refractivity contribution < 1.29 is 9.47 Å². The number of ether oxygens (including phenoxy) is 2. The highest BCUT2D eigenvalue weighted by molar-refractivity contribution is 5.44. The third kappa shape index (κ3) is 8.59. The highest BCUT2D eigenvalue weighted by Gasteiger charge is 2.12. The molecule has 1 rings (SSSR count). The summed E-state index contributed by atoms with van der Waals surface area (Å²) in [5.74, 6) is 1.70. The minimum Gasteiger partial charge on any atom is -0.490 e. The molecule has 0 radical (unpaired) electrons. The molecule has 3 N–H and O–H groups in total. The van der Waals surface area contributed by atoms with Crippen molar-refractivity contribution in [3.05, 3.63) is 23.8 Å². The molecule has 1 unspecified atom stereocenters. The summed E-state index contributed by atoms with van der Waals surface area (Å²) in [4.78, 5) is 0. The number of nitrogens with two attached hydrogens (primary N) is 1. The lowest BCUT2D eigenvalue weighted by Gasteiger charge is -2.18. The molecule has 4 nitrogen and oxygen atoms in total. The van der Waals surface area contributed by atoms with Gasteiger partial charge in [-0.25, -0.2) is 0 Å². The number of nitrogens with one attached hydrogen (secondary N) is 1. The highest BCUT2D eigenvalue weighted by Crippen LogP contribution is 2.31. The number of hydrogen-bond acceptors (Lipinski definition) is 4. The van der Waals surface area contributed by atoms with E-state index in [1.807, 2.05) is 13.1 Å². The maximum atomic E-state index is 6.05. The number of likely N-dealkylation sites (N-methyl/N-ethyl adjacent to an activating group) is 1. The molecule has 0 fully saturated rings. The zero-order valence-electron chi connectivity index (χ0n) is 16.5. The van der Waals surface area contributed by atoms with Gasteiger partial charge in [-0.1, -0.05) is 58.4 Å². The van der Waals surface area contributed by atoms with Crippen LogP contribution in [0, 0.1) is 0 Å². The lowest BCUT2D eigenvalue weighted by atomic mass is 10.1. The van der Waals surface area contributed by atoms with E-state index < -0.39 is 0 Å². The van der Waals surface area contributed by atoms with E-state index in [9.17, 15) is 0 Å². The molecule has 144 valence electrons. The zero-order chi connectivity index (χ0) is 18.3. The summed E-state index contributed by atoms with van der Waals surface area (Å²) in [5.41, 5.74) is 7.00. The monoisotopic (exact) mass is 350 g/mol. The standard InChI is InChI=1S/C21H38N2O2/c1-4-6-8-10-14-24-20-13-12-18(19(17-22)23-3)16-21(20)25-15-11-9-7-5-2/h12-13,16,19,23H,4-11,14-15,17,22H2,1-3H3. The van der Waals surface area contributed by atoms with Gasteiger partial charge in [-0.05, 0) is 37.6 Å². The van der Waals surface area contributed by atoms with Crippen molar-refractivity contribution in [3.8, 4) is 11.5 Å². The Morgan fingerprint density at radius 1 is 0.880 bits per heavy atom. The molecule has 4 heteroatoms. The summed E-state index contributed by atoms with van der Waals surface area (Å²) < 4.78 is 12.0. The van der Waals surface area contributed by atoms with Gasteiger partial charge in [0, 0.05) is 12.6 Å². The third-order valence-corrected chi connectivity index (χ3v) is 4.47. The molecule has 1 atom stereocenters. The maximum Gasteiger partial charge on any atom is 0.161 e. The molecule has 0 aliphatic rings. The number of unbranched alkanes of at least 4 members (excludes halogenated alkanes) is 6. The highest BCUT2D eigenvalue weighted by atomic mass is 16.5. The summed E-state index contributed by atoms with van der Waals surface area (Å²) in [6.07, 6.45) is 9.62. The van der Waals surface area contributed by atoms with Crippen LogP contribution in [0.4, 0.5) is 0 Å². The fourth-order valence-corrected chi connectivity index (χ4v) is 2.82. The quantitative estimate of drug-likeness (QED) is 0.445. The van der Waals surface area contributed by atoms with Crippen molar-refractivity contribution in [1.82, 2.24) is 5.32 Å². The lowest BCUT2D eigenvalue weighted by molar-refractivity contribution is 0.258. The van der Waals surface area contributed by atoms with Crippen LogP contribution in [0.2, 0.25) is 0 Å². The normalized spacial score (nSPS) is 12.2. The van der Waals surface area contributed by atoms with Gasteiger partial charge in [0.05, 0.1) is 13.2 Å². The second kappa shape index (κ2) is 14.0. The predicted molar refractivity (Wildman–Crippen MR) is 107 cm³/mol. The molecule has 1 aromatic carbocycles. The van der Waals surface area contributed by atoms with E-state index >= 15 is 0 Å². The lowest BCUT2D eigenvalue weighted by Crippen LogP contribution is -2.24. The Labute approximate surface area is 154 Å². The first-order valence-electron chi connectivity index (χ1n) is 10.0. The summed E-state index contributed by atoms with van der Waals surface area (Å²) in [7, 11) is 1.93. The minimum atomic E-state index is 0.140. The van der Waals surface area contributed by atoms with Gasteiger partial charge in [-0.15, -0.1) is 0 Å². The molecule has 0 aromatic heterocycles. The van der Waals surface area contributed by atoms with Gasteiger partial charge in [-0.3, -0.25) is 0 Å². The molecular formula is C21H38N2O2. The molecule has 0 spiro atoms. The van der Waals surface area contributed by atoms with Crippen molar-refractivity contribution in [2.45, 2.75) is 71.3 Å². The van der Waals surface area contributed by atoms with Crippen molar-refractivity contribution in [1.29, 1.82) is 0 Å². The summed E-state index contributed by atoms with van der Waals surface area (Å²) in [5, 5.41) is 3.24. The Balaban J connectivity index is 2.68. The minimum absolute atomic E-state index is 0.140. The fourth-order valence-electron chi connectivity index (χ4n) is 2.82. The third-order valence-electron chi connectivity index (χ3n) is 4.47. The van der Waals surface area contributed by atoms with Gasteiger partial charge in [0.2, 0.25) is 0 Å². The Morgan fingerprint density at radius 2 is 1.48 bits per heavy atom. The largest absolute Gasteiger partial charge is 0.490 e. The van der Waals surface area contributed by atoms with Crippen LogP contribution in [0.25, 0.3) is 0 Å². The van der Waals surface area contributed by atoms with Crippen LogP contribution >= 0.6 is 0 Å². The van der Waals surface area contributed by atoms with E-state index in [1.54, 1.807) is 0 Å². The van der Waals surface area contributed by atoms with E-state index in [0.29, 0.717) is 6.54 Å². The van der Waals surface area contributed by atoms with Crippen LogP contribution in [0.1, 0.15) is 76.8 Å². The number of hydrogen-bond donors (Lipinski definition) is 2. The second-order valence-corrected chi connectivity index (χ2v) is 6.60. The average molecular weight is 351 g/mol. The fraction of sp³-hybridized carbons (Fsp3) is 0.714. The Bertz CT molecular complexity index is 448. The first-order chi connectivity index (χ1) is 12.3. The summed E-state index contributed by atoms with van der Waals surface area (Å²) in [6, 6.07) is 6.33. The van der Waals surface area contributed by atoms with Crippen molar-refractivity contribution in [2.75, 3.05) is 26.8 Å². The Morgan fingerprint density at radius 3 is 2.00 bits per heavy atom. The van der Waals surface area contributed by atoms with Crippen LogP contribution in [0.15, 0.2) is 18.2 Å². The number of rotatable bonds is 15. The van der Waals surface area contributed by atoms with E-state index in [1.165, 1.54) is 38.5 Å². The topological polar surface area (TPSA) is 56.5 Å². The molecule has 0 saturated heterocycles. The molecule has 1 aromatic rings. The van der Waals surface area contributed by atoms with Gasteiger partial charge in [-0.2, -0.15) is 0 Å². The van der Waals surface area contributed by atoms with E-state index in [4.69, 9.17) is 15.2 Å². The van der Waals surface area contributed by atoms with E-state index in [-0.39, 0.29) is 6.04 Å². The Kier molecular flexibility index (Phi) is 12.2. The van der Waals surface area contributed by atoms with Crippen molar-refractivity contribution >= 4 is 0 Å². The maximum absolute atomic E-state index is 6.05. The predicted octanol–water partition coefficient (Wildman–Crippen LogP) is 4.82. The molecule has 0 saturated carbocycles. The van der Waals surface area contributed by atoms with Crippen molar-refractivity contribution in [2.24, 2.45) is 5.73 Å². The zero-order valence-corrected chi connectivity index (χ0v) is 16.5. The van der Waals surface area contributed by atoms with Crippen LogP contribution < -0.4 is 20.5 Å². The van der Waals surface area contributed by atoms with Gasteiger partial charge >= 0.3 is 0 Å². The molecular weight excluding hydrogens is 312 g/mol. The molecule has 0 heterocycles. The van der Waals surface area contributed by atoms with Gasteiger partial charge < -0.3 is 20.5 Å². The Hall–Kier alpha value is -1.26. The molecule has 0 aliphatic heterocycles. The SMILES string of the molecule is CCCCCCOc1ccc(C(CN)NC)cc1OCCCCCC. The van der Waals surface area contributed by atoms with Crippen LogP contribution in [0.3, 0.4) is 0 Å². The van der Waals surface area contributed by atoms with Crippen molar-refractivity contribution in [3.63, 3.8) is 0 Å². The summed E-state index contributed by atoms with van der Waals surface area (Å²) in [6.45, 7) is 6.49. The molecule has 25 heavy (non-hydrogen) atoms.